The minimum absolute atomic E-state index is 0.972. The van der Waals surface area contributed by atoms with E-state index >= 15 is 0 Å². The van der Waals surface area contributed by atoms with Crippen LogP contribution in [0.15, 0.2) is 206 Å². The number of fused-ring (bicyclic) bond motifs is 8. The van der Waals surface area contributed by atoms with Crippen LogP contribution < -0.4 is 9.80 Å². The minimum Gasteiger partial charge on any atom is -0.307 e. The summed E-state index contributed by atoms with van der Waals surface area (Å²) in [6.45, 7) is 9.31. The van der Waals surface area contributed by atoms with Crippen molar-refractivity contribution < 1.29 is 0 Å². The predicted octanol–water partition coefficient (Wildman–Crippen LogP) is 23.3. The van der Waals surface area contributed by atoms with Gasteiger partial charge in [0.15, 0.2) is 0 Å². The zero-order valence-electron chi connectivity index (χ0n) is 51.7. The molecule has 2 aromatic heterocycles. The fraction of sp³-hybridized carbons (Fsp3) is 0.238. The van der Waals surface area contributed by atoms with Gasteiger partial charge in [0.1, 0.15) is 0 Å². The van der Waals surface area contributed by atoms with Crippen LogP contribution in [0.1, 0.15) is 124 Å². The van der Waals surface area contributed by atoms with E-state index in [1.807, 2.05) is 0 Å². The molecule has 434 valence electrons. The average molecular weight is 1140 g/mol. The highest BCUT2D eigenvalue weighted by atomic mass is 15.2. The monoisotopic (exact) mass is 1140 g/mol. The van der Waals surface area contributed by atoms with Crippen LogP contribution in [0.3, 0.4) is 0 Å². The summed E-state index contributed by atoms with van der Waals surface area (Å²) in [5.41, 5.74) is 26.4. The first kappa shape index (κ1) is 54.3. The average Bonchev–Trinajstić information content (AvgIpc) is 0.973. The summed E-state index contributed by atoms with van der Waals surface area (Å²) >= 11 is 0. The summed E-state index contributed by atoms with van der Waals surface area (Å²) < 4.78 is 5.18. The molecule has 0 saturated heterocycles. The van der Waals surface area contributed by atoms with Gasteiger partial charge in [0.05, 0.1) is 44.8 Å². The smallest absolute Gasteiger partial charge is 0.0782 e. The number of anilines is 6. The summed E-state index contributed by atoms with van der Waals surface area (Å²) in [6.07, 6.45) is 17.5. The summed E-state index contributed by atoms with van der Waals surface area (Å²) in [7, 11) is 0. The number of rotatable bonds is 16. The molecule has 0 aliphatic heterocycles. The van der Waals surface area contributed by atoms with Crippen molar-refractivity contribution in [3.05, 3.63) is 251 Å². The fourth-order valence-corrected chi connectivity index (χ4v) is 16.3. The van der Waals surface area contributed by atoms with Crippen LogP contribution in [0.2, 0.25) is 0 Å². The van der Waals surface area contributed by atoms with Crippen LogP contribution in [-0.2, 0) is 51.4 Å². The van der Waals surface area contributed by atoms with Crippen molar-refractivity contribution >= 4 is 110 Å². The highest BCUT2D eigenvalue weighted by Gasteiger charge is 2.31. The second-order valence-corrected chi connectivity index (χ2v) is 25.5. The maximum atomic E-state index is 2.74. The van der Waals surface area contributed by atoms with E-state index in [1.54, 1.807) is 0 Å². The zero-order valence-corrected chi connectivity index (χ0v) is 51.7. The summed E-state index contributed by atoms with van der Waals surface area (Å²) in [5.74, 6) is 0. The standard InChI is InChI=1S/C84H78N4/c1-5-23-55-27-17-33-61(51-55)85-75-41-15-13-37-67(75)69-39-21-45-77(83(69)85)87(73-43-19-31-57-29-9-11-35-63(57)73)79-53-59(25-7-3)65-48-50-72-80(54-60(26-8-4)66-47-49-71(79)81(65)82(66)72)88(74-44-20-32-58-30-10-12-36-64(58)74)78-46-22-40-70-68-38-14-16-42-76(68)86(84(70)78)62-34-18-28-56(52-62)24-6-2/h13-22,27-28,31-34,37-54H,5-12,23-26,29-30,35-36H2,1-4H3. The van der Waals surface area contributed by atoms with Crippen LogP contribution in [-0.4, -0.2) is 9.13 Å². The summed E-state index contributed by atoms with van der Waals surface area (Å²) in [6, 6.07) is 80.9. The topological polar surface area (TPSA) is 16.3 Å². The molecule has 2 aliphatic rings. The van der Waals surface area contributed by atoms with Gasteiger partial charge in [0.2, 0.25) is 0 Å². The maximum absolute atomic E-state index is 2.74. The molecule has 0 spiro atoms. The van der Waals surface area contributed by atoms with E-state index in [0.29, 0.717) is 0 Å². The second kappa shape index (κ2) is 22.5. The van der Waals surface area contributed by atoms with Crippen LogP contribution in [0.5, 0.6) is 0 Å². The fourth-order valence-electron chi connectivity index (χ4n) is 16.3. The van der Waals surface area contributed by atoms with Gasteiger partial charge in [-0.05, 0) is 216 Å². The third-order valence-electron chi connectivity index (χ3n) is 20.0. The van der Waals surface area contributed by atoms with Crippen LogP contribution in [0.4, 0.5) is 34.1 Å². The SMILES string of the molecule is CCCc1cccc(-n2c3ccccc3c3cccc(N(c4cccc5c4CCCC5)c4cc(CCC)c5ccc6c(N(c7cccc8c7CCCC8)c7cccc8c9ccccc9n(-c9cccc(CCC)c9)c78)cc(CCC)c7ccc4c5c76)c32)c1. The van der Waals surface area contributed by atoms with Gasteiger partial charge in [-0.1, -0.05) is 187 Å². The van der Waals surface area contributed by atoms with E-state index in [4.69, 9.17) is 0 Å². The lowest BCUT2D eigenvalue weighted by atomic mass is 9.85. The Hall–Kier alpha value is -9.12. The van der Waals surface area contributed by atoms with Crippen molar-refractivity contribution in [2.75, 3.05) is 9.80 Å². The second-order valence-electron chi connectivity index (χ2n) is 25.5. The molecule has 2 heterocycles. The van der Waals surface area contributed by atoms with E-state index in [-0.39, 0.29) is 0 Å². The molecule has 88 heavy (non-hydrogen) atoms. The summed E-state index contributed by atoms with van der Waals surface area (Å²) in [5, 5.41) is 13.2. The molecule has 0 saturated carbocycles. The number of aromatic nitrogens is 2. The van der Waals surface area contributed by atoms with E-state index in [0.717, 1.165) is 77.0 Å². The Morgan fingerprint density at radius 2 is 0.693 bits per heavy atom. The van der Waals surface area contributed by atoms with Crippen molar-refractivity contribution in [3.8, 4) is 11.4 Å². The number of hydrogen-bond acceptors (Lipinski definition) is 2. The van der Waals surface area contributed by atoms with Crippen molar-refractivity contribution in [1.29, 1.82) is 0 Å². The highest BCUT2D eigenvalue weighted by molar-refractivity contribution is 6.30. The maximum Gasteiger partial charge on any atom is 0.0782 e. The van der Waals surface area contributed by atoms with Gasteiger partial charge in [-0.3, -0.25) is 0 Å². The molecule has 4 heteroatoms. The third-order valence-corrected chi connectivity index (χ3v) is 20.0. The molecule has 14 aromatic rings. The number of nitrogens with zero attached hydrogens (tertiary/aromatic N) is 4. The molecule has 0 N–H and O–H groups in total. The number of benzene rings is 12. The molecule has 4 nitrogen and oxygen atoms in total. The Morgan fingerprint density at radius 1 is 0.307 bits per heavy atom. The first-order valence-corrected chi connectivity index (χ1v) is 33.3. The van der Waals surface area contributed by atoms with Crippen molar-refractivity contribution in [2.45, 2.75) is 130 Å². The third kappa shape index (κ3) is 8.75. The number of para-hydroxylation sites is 4. The largest absolute Gasteiger partial charge is 0.307 e. The van der Waals surface area contributed by atoms with Crippen molar-refractivity contribution in [3.63, 3.8) is 0 Å². The lowest BCUT2D eigenvalue weighted by Crippen LogP contribution is -2.17. The predicted molar refractivity (Wildman–Crippen MR) is 377 cm³/mol. The Labute approximate surface area is 518 Å². The lowest BCUT2D eigenvalue weighted by Gasteiger charge is -2.34. The van der Waals surface area contributed by atoms with E-state index in [9.17, 15) is 0 Å². The van der Waals surface area contributed by atoms with Crippen LogP contribution in [0, 0.1) is 0 Å². The first-order chi connectivity index (χ1) is 43.5. The van der Waals surface area contributed by atoms with Crippen LogP contribution in [0.25, 0.3) is 87.3 Å². The van der Waals surface area contributed by atoms with Gasteiger partial charge in [0, 0.05) is 55.1 Å². The Balaban J connectivity index is 1.03. The molecule has 0 amide bonds. The molecule has 16 rings (SSSR count). The van der Waals surface area contributed by atoms with E-state index < -0.39 is 0 Å². The number of hydrogen-bond donors (Lipinski definition) is 0. The molecule has 0 radical (unpaired) electrons. The van der Waals surface area contributed by atoms with Crippen molar-refractivity contribution in [1.82, 2.24) is 9.13 Å². The molecule has 12 aromatic carbocycles. The molecule has 0 bridgehead atoms. The van der Waals surface area contributed by atoms with Gasteiger partial charge in [-0.25, -0.2) is 0 Å². The zero-order chi connectivity index (χ0) is 59.0. The molecule has 2 aliphatic carbocycles. The van der Waals surface area contributed by atoms with Gasteiger partial charge in [-0.2, -0.15) is 0 Å². The molecular weight excluding hydrogens is 1060 g/mol. The normalized spacial score (nSPS) is 13.5. The van der Waals surface area contributed by atoms with Gasteiger partial charge < -0.3 is 18.9 Å². The Kier molecular flexibility index (Phi) is 13.9. The van der Waals surface area contributed by atoms with Gasteiger partial charge >= 0.3 is 0 Å². The Bertz CT molecular complexity index is 4690. The number of aryl methyl sites for hydroxylation is 6. The van der Waals surface area contributed by atoms with Crippen LogP contribution >= 0.6 is 0 Å². The highest BCUT2D eigenvalue weighted by Crippen LogP contribution is 2.54. The van der Waals surface area contributed by atoms with Crippen molar-refractivity contribution in [2.24, 2.45) is 0 Å². The molecular formula is C84H78N4. The van der Waals surface area contributed by atoms with E-state index in [1.165, 1.54) is 192 Å². The lowest BCUT2D eigenvalue weighted by molar-refractivity contribution is 0.686. The quantitative estimate of drug-likeness (QED) is 0.0897. The Morgan fingerprint density at radius 3 is 1.15 bits per heavy atom. The summed E-state index contributed by atoms with van der Waals surface area (Å²) in [4.78, 5) is 5.49. The van der Waals surface area contributed by atoms with Gasteiger partial charge in [0.25, 0.3) is 0 Å². The first-order valence-electron chi connectivity index (χ1n) is 33.3. The van der Waals surface area contributed by atoms with E-state index in [2.05, 4.69) is 253 Å². The van der Waals surface area contributed by atoms with Gasteiger partial charge in [-0.15, -0.1) is 0 Å². The molecule has 0 atom stereocenters. The molecule has 0 fully saturated rings. The minimum atomic E-state index is 0.972. The molecule has 0 unspecified atom stereocenters.